The van der Waals surface area contributed by atoms with Crippen LogP contribution >= 0.6 is 0 Å². The van der Waals surface area contributed by atoms with Gasteiger partial charge in [0, 0.05) is 5.69 Å². The molecule has 5 aromatic carbocycles. The van der Waals surface area contributed by atoms with Crippen LogP contribution in [-0.2, 0) is 28.2 Å². The summed E-state index contributed by atoms with van der Waals surface area (Å²) in [6.07, 6.45) is 2.23. The number of hydrogen-bond acceptors (Lipinski definition) is 5. The number of rotatable bonds is 16. The number of amides is 2. The Kier molecular flexibility index (Phi) is 12.5. The van der Waals surface area contributed by atoms with Crippen LogP contribution in [0.25, 0.3) is 0 Å². The number of aliphatic hydroxyl groups is 1. The molecule has 0 radical (unpaired) electrons. The zero-order valence-electron chi connectivity index (χ0n) is 28.0. The van der Waals surface area contributed by atoms with Crippen molar-refractivity contribution in [3.05, 3.63) is 173 Å². The molecule has 2 unspecified atom stereocenters. The Balaban J connectivity index is 1.31. The molecule has 0 saturated carbocycles. The number of benzene rings is 5. The molecule has 2 amide bonds. The van der Waals surface area contributed by atoms with E-state index in [-0.39, 0.29) is 18.4 Å². The van der Waals surface area contributed by atoms with E-state index in [2.05, 4.69) is 95.7 Å². The standard InChI is InChI=1S/C42H46N4O3/c1-31-20-24-36(25-21-31)42(34-15-7-3-8-16-34,35-17-9-4-10-18-35)44-28-12-11-19-39(41(49)45-37-26-22-33(30-47)23-27-37)46-40(48)38(43)29-32-13-5-2-6-14-32/h2-10,13-18,20-27,38-39,44,47H,11-12,19,28-30,43H2,1H3,(H,45,49)(H,46,48). The maximum atomic E-state index is 13.6. The molecule has 49 heavy (non-hydrogen) atoms. The molecule has 0 aliphatic heterocycles. The second-order valence-corrected chi connectivity index (χ2v) is 12.5. The molecule has 0 bridgehead atoms. The monoisotopic (exact) mass is 654 g/mol. The Labute approximate surface area is 289 Å². The number of anilines is 1. The molecular formula is C42H46N4O3. The SMILES string of the molecule is Cc1ccc(C(NCCCCC(NC(=O)C(N)Cc2ccccc2)C(=O)Nc2ccc(CO)cc2)(c2ccccc2)c2ccccc2)cc1. The normalized spacial score (nSPS) is 12.6. The van der Waals surface area contributed by atoms with Crippen LogP contribution in [0.1, 0.15) is 52.6 Å². The zero-order valence-corrected chi connectivity index (χ0v) is 28.0. The highest BCUT2D eigenvalue weighted by atomic mass is 16.3. The van der Waals surface area contributed by atoms with Crippen molar-refractivity contribution in [2.45, 2.75) is 56.8 Å². The molecule has 5 rings (SSSR count). The lowest BCUT2D eigenvalue weighted by Gasteiger charge is -2.37. The molecule has 0 aliphatic rings. The van der Waals surface area contributed by atoms with Crippen LogP contribution in [0.15, 0.2) is 140 Å². The number of carbonyl (C=O) groups excluding carboxylic acids is 2. The summed E-state index contributed by atoms with van der Waals surface area (Å²) in [7, 11) is 0. The molecule has 5 aromatic rings. The largest absolute Gasteiger partial charge is 0.392 e. The smallest absolute Gasteiger partial charge is 0.246 e. The molecule has 0 spiro atoms. The molecule has 2 atom stereocenters. The summed E-state index contributed by atoms with van der Waals surface area (Å²) in [4.78, 5) is 26.8. The highest BCUT2D eigenvalue weighted by Crippen LogP contribution is 2.37. The van der Waals surface area contributed by atoms with Gasteiger partial charge in [0.1, 0.15) is 6.04 Å². The van der Waals surface area contributed by atoms with E-state index in [9.17, 15) is 14.7 Å². The van der Waals surface area contributed by atoms with E-state index in [1.807, 2.05) is 42.5 Å². The molecule has 7 nitrogen and oxygen atoms in total. The number of aliphatic hydroxyl groups excluding tert-OH is 1. The summed E-state index contributed by atoms with van der Waals surface area (Å²) in [5.41, 5.74) is 12.6. The second kappa shape index (κ2) is 17.4. The van der Waals surface area contributed by atoms with Gasteiger partial charge in [-0.1, -0.05) is 133 Å². The predicted octanol–water partition coefficient (Wildman–Crippen LogP) is 6.23. The Morgan fingerprint density at radius 1 is 0.673 bits per heavy atom. The number of unbranched alkanes of at least 4 members (excludes halogenated alkanes) is 1. The Morgan fingerprint density at radius 2 is 1.22 bits per heavy atom. The fraction of sp³-hybridized carbons (Fsp3) is 0.238. The van der Waals surface area contributed by atoms with Gasteiger partial charge in [-0.25, -0.2) is 0 Å². The Hall–Kier alpha value is -5.08. The van der Waals surface area contributed by atoms with Crippen molar-refractivity contribution in [3.8, 4) is 0 Å². The van der Waals surface area contributed by atoms with Crippen LogP contribution in [0.5, 0.6) is 0 Å². The van der Waals surface area contributed by atoms with Gasteiger partial charge in [0.05, 0.1) is 18.2 Å². The van der Waals surface area contributed by atoms with E-state index in [1.54, 1.807) is 24.3 Å². The number of nitrogens with one attached hydrogen (secondary N) is 3. The minimum absolute atomic E-state index is 0.0833. The average Bonchev–Trinajstić information content (AvgIpc) is 3.14. The van der Waals surface area contributed by atoms with Crippen LogP contribution in [0.4, 0.5) is 5.69 Å². The molecule has 6 N–H and O–H groups in total. The van der Waals surface area contributed by atoms with Gasteiger partial charge < -0.3 is 21.5 Å². The maximum Gasteiger partial charge on any atom is 0.246 e. The molecule has 7 heteroatoms. The molecule has 252 valence electrons. The third-order valence-electron chi connectivity index (χ3n) is 8.88. The summed E-state index contributed by atoms with van der Waals surface area (Å²) < 4.78 is 0. The van der Waals surface area contributed by atoms with Crippen molar-refractivity contribution in [1.82, 2.24) is 10.6 Å². The van der Waals surface area contributed by atoms with Gasteiger partial charge in [0.25, 0.3) is 0 Å². The van der Waals surface area contributed by atoms with Gasteiger partial charge in [0.2, 0.25) is 11.8 Å². The van der Waals surface area contributed by atoms with Crippen LogP contribution in [0.2, 0.25) is 0 Å². The van der Waals surface area contributed by atoms with E-state index >= 15 is 0 Å². The van der Waals surface area contributed by atoms with E-state index < -0.39 is 17.6 Å². The first-order valence-electron chi connectivity index (χ1n) is 16.9. The maximum absolute atomic E-state index is 13.6. The number of aryl methyl sites for hydroxylation is 1. The van der Waals surface area contributed by atoms with Crippen molar-refractivity contribution in [2.24, 2.45) is 5.73 Å². The van der Waals surface area contributed by atoms with Crippen molar-refractivity contribution in [1.29, 1.82) is 0 Å². The first-order valence-corrected chi connectivity index (χ1v) is 16.9. The van der Waals surface area contributed by atoms with Crippen molar-refractivity contribution < 1.29 is 14.7 Å². The van der Waals surface area contributed by atoms with Gasteiger partial charge in [-0.15, -0.1) is 0 Å². The predicted molar refractivity (Wildman–Crippen MR) is 197 cm³/mol. The molecule has 0 heterocycles. The van der Waals surface area contributed by atoms with Gasteiger partial charge in [-0.05, 0) is 79.1 Å². The molecule has 0 saturated heterocycles. The van der Waals surface area contributed by atoms with Crippen LogP contribution in [0.3, 0.4) is 0 Å². The van der Waals surface area contributed by atoms with Crippen LogP contribution in [-0.4, -0.2) is 35.5 Å². The third-order valence-corrected chi connectivity index (χ3v) is 8.88. The quantitative estimate of drug-likeness (QED) is 0.0639. The van der Waals surface area contributed by atoms with Gasteiger partial charge in [0.15, 0.2) is 0 Å². The Bertz CT molecular complexity index is 1710. The van der Waals surface area contributed by atoms with E-state index in [0.29, 0.717) is 31.5 Å². The highest BCUT2D eigenvalue weighted by Gasteiger charge is 2.35. The van der Waals surface area contributed by atoms with E-state index in [4.69, 9.17) is 5.73 Å². The zero-order chi connectivity index (χ0) is 34.5. The van der Waals surface area contributed by atoms with E-state index in [1.165, 1.54) is 5.56 Å². The first kappa shape index (κ1) is 35.2. The van der Waals surface area contributed by atoms with Crippen molar-refractivity contribution in [2.75, 3.05) is 11.9 Å². The van der Waals surface area contributed by atoms with Crippen molar-refractivity contribution in [3.63, 3.8) is 0 Å². The van der Waals surface area contributed by atoms with Crippen LogP contribution < -0.4 is 21.7 Å². The topological polar surface area (TPSA) is 116 Å². The molecule has 0 aromatic heterocycles. The summed E-state index contributed by atoms with van der Waals surface area (Å²) in [6, 6.07) is 44.6. The number of carbonyl (C=O) groups is 2. The lowest BCUT2D eigenvalue weighted by molar-refractivity contribution is -0.127. The van der Waals surface area contributed by atoms with Gasteiger partial charge in [-0.3, -0.25) is 14.9 Å². The lowest BCUT2D eigenvalue weighted by atomic mass is 9.76. The summed E-state index contributed by atoms with van der Waals surface area (Å²) >= 11 is 0. The summed E-state index contributed by atoms with van der Waals surface area (Å²) in [6.45, 7) is 2.67. The number of hydrogen-bond donors (Lipinski definition) is 5. The highest BCUT2D eigenvalue weighted by molar-refractivity contribution is 5.97. The summed E-state index contributed by atoms with van der Waals surface area (Å²) in [5, 5.41) is 19.2. The third kappa shape index (κ3) is 9.30. The molecular weight excluding hydrogens is 608 g/mol. The lowest BCUT2D eigenvalue weighted by Crippen LogP contribution is -2.50. The minimum Gasteiger partial charge on any atom is -0.392 e. The van der Waals surface area contributed by atoms with Gasteiger partial charge in [-0.2, -0.15) is 0 Å². The second-order valence-electron chi connectivity index (χ2n) is 12.5. The molecule has 0 fully saturated rings. The summed E-state index contributed by atoms with van der Waals surface area (Å²) in [5.74, 6) is -0.683. The fourth-order valence-electron chi connectivity index (χ4n) is 6.17. The first-order chi connectivity index (χ1) is 23.9. The van der Waals surface area contributed by atoms with E-state index in [0.717, 1.165) is 34.2 Å². The van der Waals surface area contributed by atoms with Crippen LogP contribution in [0, 0.1) is 6.92 Å². The minimum atomic E-state index is -0.796. The van der Waals surface area contributed by atoms with Crippen molar-refractivity contribution >= 4 is 17.5 Å². The fourth-order valence-corrected chi connectivity index (χ4v) is 6.17. The molecule has 0 aliphatic carbocycles. The average molecular weight is 655 g/mol. The Morgan fingerprint density at radius 3 is 1.80 bits per heavy atom. The van der Waals surface area contributed by atoms with Gasteiger partial charge >= 0.3 is 0 Å². The number of nitrogens with two attached hydrogens (primary N) is 1.